The zero-order chi connectivity index (χ0) is 17.1. The van der Waals surface area contributed by atoms with Crippen LogP contribution in [0.3, 0.4) is 0 Å². The first-order chi connectivity index (χ1) is 11.6. The van der Waals surface area contributed by atoms with Crippen LogP contribution in [0.25, 0.3) is 0 Å². The predicted octanol–water partition coefficient (Wildman–Crippen LogP) is 2.34. The molecule has 2 aromatic rings. The summed E-state index contributed by atoms with van der Waals surface area (Å²) in [5.74, 6) is -0.707. The maximum absolute atomic E-state index is 11.3. The summed E-state index contributed by atoms with van der Waals surface area (Å²) in [6.07, 6.45) is 5.47. The van der Waals surface area contributed by atoms with E-state index in [2.05, 4.69) is 15.5 Å². The van der Waals surface area contributed by atoms with Crippen molar-refractivity contribution in [1.29, 1.82) is 0 Å². The van der Waals surface area contributed by atoms with Crippen LogP contribution < -0.4 is 5.73 Å². The standard InChI is InChI=1S/C14H16N6O3S/c15-13(21)9-6-7-12(11(8-9)20(22)23)24-14-16-17-18-19(14)10-4-2-1-3-5-10/h6-8,10H,1-5H2,(H2,15,21). The van der Waals surface area contributed by atoms with Gasteiger partial charge in [-0.2, -0.15) is 0 Å². The number of primary amides is 1. The van der Waals surface area contributed by atoms with Gasteiger partial charge in [0.2, 0.25) is 11.1 Å². The number of hydrogen-bond acceptors (Lipinski definition) is 7. The number of carbonyl (C=O) groups is 1. The lowest BCUT2D eigenvalue weighted by Gasteiger charge is -2.21. The molecule has 0 unspecified atom stereocenters. The van der Waals surface area contributed by atoms with Crippen molar-refractivity contribution in [3.05, 3.63) is 33.9 Å². The summed E-state index contributed by atoms with van der Waals surface area (Å²) in [5, 5.41) is 23.6. The average molecular weight is 348 g/mol. The Balaban J connectivity index is 1.90. The molecule has 1 aromatic carbocycles. The van der Waals surface area contributed by atoms with Gasteiger partial charge in [-0.3, -0.25) is 14.9 Å². The third kappa shape index (κ3) is 3.37. The van der Waals surface area contributed by atoms with Crippen molar-refractivity contribution < 1.29 is 9.72 Å². The highest BCUT2D eigenvalue weighted by atomic mass is 32.2. The van der Waals surface area contributed by atoms with E-state index in [1.54, 1.807) is 4.68 Å². The van der Waals surface area contributed by atoms with Crippen LogP contribution in [0.4, 0.5) is 5.69 Å². The molecule has 0 saturated heterocycles. The summed E-state index contributed by atoms with van der Waals surface area (Å²) in [5.41, 5.74) is 5.10. The van der Waals surface area contributed by atoms with Crippen molar-refractivity contribution in [2.24, 2.45) is 5.73 Å². The van der Waals surface area contributed by atoms with Gasteiger partial charge in [0, 0.05) is 11.6 Å². The second-order valence-electron chi connectivity index (χ2n) is 5.60. The molecule has 1 heterocycles. The molecular weight excluding hydrogens is 332 g/mol. The van der Waals surface area contributed by atoms with Crippen molar-refractivity contribution in [3.63, 3.8) is 0 Å². The second kappa shape index (κ2) is 6.95. The van der Waals surface area contributed by atoms with Crippen molar-refractivity contribution in [1.82, 2.24) is 20.2 Å². The van der Waals surface area contributed by atoms with E-state index in [0.717, 1.165) is 37.4 Å². The summed E-state index contributed by atoms with van der Waals surface area (Å²) < 4.78 is 1.75. The first-order valence-corrected chi connectivity index (χ1v) is 8.42. The summed E-state index contributed by atoms with van der Waals surface area (Å²) in [7, 11) is 0. The molecule has 0 atom stereocenters. The third-order valence-electron chi connectivity index (χ3n) is 4.02. The minimum absolute atomic E-state index is 0.0953. The van der Waals surface area contributed by atoms with Gasteiger partial charge in [-0.25, -0.2) is 4.68 Å². The van der Waals surface area contributed by atoms with Crippen LogP contribution in [0, 0.1) is 10.1 Å². The molecule has 1 saturated carbocycles. The zero-order valence-electron chi connectivity index (χ0n) is 12.8. The van der Waals surface area contributed by atoms with Gasteiger partial charge in [0.25, 0.3) is 5.69 Å². The van der Waals surface area contributed by atoms with Gasteiger partial charge >= 0.3 is 0 Å². The van der Waals surface area contributed by atoms with Crippen molar-refractivity contribution in [3.8, 4) is 0 Å². The number of aromatic nitrogens is 4. The lowest BCUT2D eigenvalue weighted by Crippen LogP contribution is -2.15. The molecule has 1 aliphatic rings. The Bertz CT molecular complexity index is 772. The van der Waals surface area contributed by atoms with Crippen LogP contribution in [-0.4, -0.2) is 31.0 Å². The number of hydrogen-bond donors (Lipinski definition) is 1. The van der Waals surface area contributed by atoms with E-state index in [1.165, 1.54) is 24.6 Å². The monoisotopic (exact) mass is 348 g/mol. The maximum Gasteiger partial charge on any atom is 0.284 e. The molecule has 3 rings (SSSR count). The molecule has 0 bridgehead atoms. The molecule has 1 aliphatic carbocycles. The summed E-state index contributed by atoms with van der Waals surface area (Å²) in [6, 6.07) is 4.37. The lowest BCUT2D eigenvalue weighted by molar-refractivity contribution is -0.387. The predicted molar refractivity (Wildman–Crippen MR) is 85.7 cm³/mol. The minimum Gasteiger partial charge on any atom is -0.366 e. The first-order valence-electron chi connectivity index (χ1n) is 7.60. The molecule has 1 fully saturated rings. The topological polar surface area (TPSA) is 130 Å². The Morgan fingerprint density at radius 2 is 2.08 bits per heavy atom. The molecule has 0 radical (unpaired) electrons. The fourth-order valence-electron chi connectivity index (χ4n) is 2.81. The Kier molecular flexibility index (Phi) is 4.74. The van der Waals surface area contributed by atoms with E-state index in [9.17, 15) is 14.9 Å². The van der Waals surface area contributed by atoms with E-state index in [0.29, 0.717) is 10.1 Å². The Hall–Kier alpha value is -2.49. The normalized spacial score (nSPS) is 15.3. The number of amides is 1. The SMILES string of the molecule is NC(=O)c1ccc(Sc2nnnn2C2CCCCC2)c([N+](=O)[O-])c1. The Morgan fingerprint density at radius 3 is 2.75 bits per heavy atom. The molecule has 9 nitrogen and oxygen atoms in total. The molecule has 0 aliphatic heterocycles. The van der Waals surface area contributed by atoms with Crippen molar-refractivity contribution >= 4 is 23.4 Å². The van der Waals surface area contributed by atoms with Gasteiger partial charge in [0.1, 0.15) is 0 Å². The van der Waals surface area contributed by atoms with Crippen LogP contribution >= 0.6 is 11.8 Å². The Morgan fingerprint density at radius 1 is 1.33 bits per heavy atom. The smallest absolute Gasteiger partial charge is 0.284 e. The van der Waals surface area contributed by atoms with E-state index in [-0.39, 0.29) is 17.3 Å². The number of nitrogens with two attached hydrogens (primary N) is 1. The van der Waals surface area contributed by atoms with E-state index >= 15 is 0 Å². The van der Waals surface area contributed by atoms with E-state index < -0.39 is 10.8 Å². The molecule has 1 aromatic heterocycles. The van der Waals surface area contributed by atoms with Crippen LogP contribution in [0.15, 0.2) is 28.3 Å². The van der Waals surface area contributed by atoms with E-state index in [1.807, 2.05) is 0 Å². The van der Waals surface area contributed by atoms with Gasteiger partial charge in [-0.15, -0.1) is 5.10 Å². The molecule has 126 valence electrons. The first kappa shape index (κ1) is 16.4. The summed E-state index contributed by atoms with van der Waals surface area (Å²) in [6.45, 7) is 0. The molecular formula is C14H16N6O3S. The number of carbonyl (C=O) groups excluding carboxylic acids is 1. The van der Waals surface area contributed by atoms with Crippen LogP contribution in [0.2, 0.25) is 0 Å². The number of nitro groups is 1. The van der Waals surface area contributed by atoms with Crippen LogP contribution in [0.1, 0.15) is 48.5 Å². The maximum atomic E-state index is 11.3. The number of nitro benzene ring substituents is 1. The number of tetrazole rings is 1. The number of nitrogens with zero attached hydrogens (tertiary/aromatic N) is 5. The minimum atomic E-state index is -0.707. The van der Waals surface area contributed by atoms with Gasteiger partial charge in [-0.1, -0.05) is 19.3 Å². The average Bonchev–Trinajstić information content (AvgIpc) is 3.03. The van der Waals surface area contributed by atoms with Crippen molar-refractivity contribution in [2.45, 2.75) is 48.2 Å². The highest BCUT2D eigenvalue weighted by molar-refractivity contribution is 7.99. The van der Waals surface area contributed by atoms with Gasteiger partial charge < -0.3 is 5.73 Å². The lowest BCUT2D eigenvalue weighted by atomic mass is 9.96. The van der Waals surface area contributed by atoms with Gasteiger partial charge in [-0.05, 0) is 47.2 Å². The molecule has 1 amide bonds. The van der Waals surface area contributed by atoms with Crippen molar-refractivity contribution in [2.75, 3.05) is 0 Å². The summed E-state index contributed by atoms with van der Waals surface area (Å²) >= 11 is 1.12. The highest BCUT2D eigenvalue weighted by Gasteiger charge is 2.24. The fourth-order valence-corrected chi connectivity index (χ4v) is 3.73. The molecule has 24 heavy (non-hydrogen) atoms. The molecule has 2 N–H and O–H groups in total. The highest BCUT2D eigenvalue weighted by Crippen LogP contribution is 2.37. The molecule has 10 heteroatoms. The zero-order valence-corrected chi connectivity index (χ0v) is 13.6. The Labute approximate surface area is 141 Å². The second-order valence-corrected chi connectivity index (χ2v) is 6.61. The van der Waals surface area contributed by atoms with Crippen LogP contribution in [0.5, 0.6) is 0 Å². The molecule has 0 spiro atoms. The van der Waals surface area contributed by atoms with Crippen LogP contribution in [-0.2, 0) is 0 Å². The number of rotatable bonds is 5. The van der Waals surface area contributed by atoms with Gasteiger partial charge in [0.15, 0.2) is 0 Å². The number of benzene rings is 1. The fraction of sp³-hybridized carbons (Fsp3) is 0.429. The largest absolute Gasteiger partial charge is 0.366 e. The van der Waals surface area contributed by atoms with Gasteiger partial charge in [0.05, 0.1) is 15.9 Å². The van der Waals surface area contributed by atoms with E-state index in [4.69, 9.17) is 5.73 Å². The third-order valence-corrected chi connectivity index (χ3v) is 5.04. The quantitative estimate of drug-likeness (QED) is 0.648. The summed E-state index contributed by atoms with van der Waals surface area (Å²) in [4.78, 5) is 22.3.